The van der Waals surface area contributed by atoms with Gasteiger partial charge in [-0.2, -0.15) is 0 Å². The molecule has 0 unspecified atom stereocenters. The van der Waals surface area contributed by atoms with E-state index in [2.05, 4.69) is 0 Å². The Balaban J connectivity index is 2.81. The monoisotopic (exact) mass is 222 g/mol. The molecule has 16 heavy (non-hydrogen) atoms. The van der Waals surface area contributed by atoms with E-state index in [1.54, 1.807) is 19.2 Å². The summed E-state index contributed by atoms with van der Waals surface area (Å²) in [7, 11) is 1.67. The van der Waals surface area contributed by atoms with Crippen LogP contribution in [0.1, 0.15) is 19.8 Å². The molecule has 1 aromatic rings. The largest absolute Gasteiger partial charge is 0.315 e. The Morgan fingerprint density at radius 2 is 1.94 bits per heavy atom. The number of carbonyl (C=O) groups is 1. The zero-order chi connectivity index (χ0) is 12.1. The van der Waals surface area contributed by atoms with E-state index >= 15 is 0 Å². The number of non-ortho nitro benzene ring substituents is 1. The minimum Gasteiger partial charge on any atom is -0.315 e. The number of amides is 1. The summed E-state index contributed by atoms with van der Waals surface area (Å²) in [6, 6.07) is 5.94. The molecule has 0 aliphatic rings. The number of rotatable bonds is 4. The van der Waals surface area contributed by atoms with Gasteiger partial charge in [-0.3, -0.25) is 14.9 Å². The molecule has 0 bridgehead atoms. The molecule has 1 aromatic carbocycles. The highest BCUT2D eigenvalue weighted by Crippen LogP contribution is 2.18. The second-order valence-electron chi connectivity index (χ2n) is 3.48. The van der Waals surface area contributed by atoms with Gasteiger partial charge in [-0.1, -0.05) is 6.92 Å². The van der Waals surface area contributed by atoms with Crippen LogP contribution in [0.25, 0.3) is 0 Å². The second-order valence-corrected chi connectivity index (χ2v) is 3.48. The van der Waals surface area contributed by atoms with E-state index in [4.69, 9.17) is 0 Å². The van der Waals surface area contributed by atoms with Crippen molar-refractivity contribution in [1.29, 1.82) is 0 Å². The summed E-state index contributed by atoms with van der Waals surface area (Å²) in [6.07, 6.45) is 1.27. The molecule has 0 aliphatic carbocycles. The van der Waals surface area contributed by atoms with Crippen molar-refractivity contribution < 1.29 is 9.72 Å². The van der Waals surface area contributed by atoms with Crippen molar-refractivity contribution in [3.63, 3.8) is 0 Å². The third-order valence-corrected chi connectivity index (χ3v) is 2.29. The van der Waals surface area contributed by atoms with Gasteiger partial charge in [0.05, 0.1) is 4.92 Å². The van der Waals surface area contributed by atoms with Crippen LogP contribution in [0, 0.1) is 10.1 Å². The zero-order valence-electron chi connectivity index (χ0n) is 9.34. The normalized spacial score (nSPS) is 9.88. The van der Waals surface area contributed by atoms with Crippen LogP contribution < -0.4 is 4.90 Å². The van der Waals surface area contributed by atoms with Crippen molar-refractivity contribution in [1.82, 2.24) is 0 Å². The smallest absolute Gasteiger partial charge is 0.269 e. The summed E-state index contributed by atoms with van der Waals surface area (Å²) < 4.78 is 0. The van der Waals surface area contributed by atoms with Gasteiger partial charge in [0.25, 0.3) is 5.69 Å². The minimum absolute atomic E-state index is 0.0105. The number of carbonyl (C=O) groups excluding carboxylic acids is 1. The Kier molecular flexibility index (Phi) is 3.99. The lowest BCUT2D eigenvalue weighted by Gasteiger charge is -2.16. The summed E-state index contributed by atoms with van der Waals surface area (Å²) in [5.74, 6) is 0.0105. The van der Waals surface area contributed by atoms with Crippen LogP contribution >= 0.6 is 0 Å². The molecular formula is C11H14N2O3. The van der Waals surface area contributed by atoms with E-state index in [0.717, 1.165) is 6.42 Å². The Labute approximate surface area is 93.8 Å². The molecule has 5 heteroatoms. The molecule has 0 N–H and O–H groups in total. The van der Waals surface area contributed by atoms with Gasteiger partial charge in [0, 0.05) is 31.3 Å². The SMILES string of the molecule is CCCC(=O)N(C)c1ccc([N+](=O)[O-])cc1. The molecule has 0 heterocycles. The van der Waals surface area contributed by atoms with Crippen LogP contribution in [0.5, 0.6) is 0 Å². The van der Waals surface area contributed by atoms with Gasteiger partial charge >= 0.3 is 0 Å². The predicted molar refractivity (Wildman–Crippen MR) is 61.4 cm³/mol. The predicted octanol–water partition coefficient (Wildman–Crippen LogP) is 2.36. The molecule has 0 fully saturated rings. The Bertz CT molecular complexity index is 387. The highest BCUT2D eigenvalue weighted by molar-refractivity contribution is 5.92. The van der Waals surface area contributed by atoms with Gasteiger partial charge in [-0.25, -0.2) is 0 Å². The van der Waals surface area contributed by atoms with Gasteiger partial charge in [-0.05, 0) is 18.6 Å². The Hall–Kier alpha value is -1.91. The van der Waals surface area contributed by atoms with Crippen molar-refractivity contribution in [3.05, 3.63) is 34.4 Å². The molecule has 86 valence electrons. The van der Waals surface area contributed by atoms with E-state index in [1.807, 2.05) is 6.92 Å². The molecular weight excluding hydrogens is 208 g/mol. The molecule has 0 aromatic heterocycles. The van der Waals surface area contributed by atoms with Crippen molar-refractivity contribution in [2.75, 3.05) is 11.9 Å². The van der Waals surface area contributed by atoms with Gasteiger partial charge in [0.1, 0.15) is 0 Å². The van der Waals surface area contributed by atoms with E-state index in [9.17, 15) is 14.9 Å². The highest BCUT2D eigenvalue weighted by Gasteiger charge is 2.11. The maximum Gasteiger partial charge on any atom is 0.269 e. The molecule has 5 nitrogen and oxygen atoms in total. The molecule has 1 rings (SSSR count). The topological polar surface area (TPSA) is 63.5 Å². The van der Waals surface area contributed by atoms with Gasteiger partial charge < -0.3 is 4.90 Å². The fourth-order valence-electron chi connectivity index (χ4n) is 1.32. The molecule has 0 saturated carbocycles. The first-order valence-corrected chi connectivity index (χ1v) is 5.07. The number of nitro groups is 1. The molecule has 0 saturated heterocycles. The van der Waals surface area contributed by atoms with Crippen molar-refractivity contribution >= 4 is 17.3 Å². The zero-order valence-corrected chi connectivity index (χ0v) is 9.34. The number of anilines is 1. The first kappa shape index (κ1) is 12.2. The van der Waals surface area contributed by atoms with E-state index < -0.39 is 4.92 Å². The van der Waals surface area contributed by atoms with Gasteiger partial charge in [0.15, 0.2) is 0 Å². The standard InChI is InChI=1S/C11H14N2O3/c1-3-4-11(14)12(2)9-5-7-10(8-6-9)13(15)16/h5-8H,3-4H2,1-2H3. The summed E-state index contributed by atoms with van der Waals surface area (Å²) in [5.41, 5.74) is 0.698. The fraction of sp³-hybridized carbons (Fsp3) is 0.364. The lowest BCUT2D eigenvalue weighted by molar-refractivity contribution is -0.384. The quantitative estimate of drug-likeness (QED) is 0.580. The number of benzene rings is 1. The summed E-state index contributed by atoms with van der Waals surface area (Å²) in [5, 5.41) is 10.4. The minimum atomic E-state index is -0.461. The van der Waals surface area contributed by atoms with Crippen LogP contribution in [0.4, 0.5) is 11.4 Å². The number of hydrogen-bond acceptors (Lipinski definition) is 3. The van der Waals surface area contributed by atoms with Crippen LogP contribution in [0.3, 0.4) is 0 Å². The van der Waals surface area contributed by atoms with Crippen molar-refractivity contribution in [2.45, 2.75) is 19.8 Å². The Morgan fingerprint density at radius 3 is 2.38 bits per heavy atom. The second kappa shape index (κ2) is 5.25. The Morgan fingerprint density at radius 1 is 1.38 bits per heavy atom. The summed E-state index contributed by atoms with van der Waals surface area (Å²) >= 11 is 0. The van der Waals surface area contributed by atoms with Gasteiger partial charge in [0.2, 0.25) is 5.91 Å². The average Bonchev–Trinajstić information content (AvgIpc) is 2.28. The van der Waals surface area contributed by atoms with E-state index in [0.29, 0.717) is 12.1 Å². The summed E-state index contributed by atoms with van der Waals surface area (Å²) in [4.78, 5) is 23.0. The lowest BCUT2D eigenvalue weighted by atomic mass is 10.2. The molecule has 0 atom stereocenters. The molecule has 0 radical (unpaired) electrons. The van der Waals surface area contributed by atoms with Crippen LogP contribution in [-0.4, -0.2) is 17.9 Å². The van der Waals surface area contributed by atoms with Crippen molar-refractivity contribution in [2.24, 2.45) is 0 Å². The number of nitro benzene ring substituents is 1. The van der Waals surface area contributed by atoms with E-state index in [-0.39, 0.29) is 11.6 Å². The summed E-state index contributed by atoms with van der Waals surface area (Å²) in [6.45, 7) is 1.93. The number of nitrogens with zero attached hydrogens (tertiary/aromatic N) is 2. The molecule has 1 amide bonds. The fourth-order valence-corrected chi connectivity index (χ4v) is 1.32. The number of hydrogen-bond donors (Lipinski definition) is 0. The van der Waals surface area contributed by atoms with E-state index in [1.165, 1.54) is 17.0 Å². The van der Waals surface area contributed by atoms with Gasteiger partial charge in [-0.15, -0.1) is 0 Å². The first-order chi connectivity index (χ1) is 7.56. The van der Waals surface area contributed by atoms with Crippen LogP contribution in [0.15, 0.2) is 24.3 Å². The first-order valence-electron chi connectivity index (χ1n) is 5.07. The maximum atomic E-state index is 11.6. The van der Waals surface area contributed by atoms with Crippen molar-refractivity contribution in [3.8, 4) is 0 Å². The lowest BCUT2D eigenvalue weighted by Crippen LogP contribution is -2.25. The third-order valence-electron chi connectivity index (χ3n) is 2.29. The highest BCUT2D eigenvalue weighted by atomic mass is 16.6. The maximum absolute atomic E-state index is 11.6. The molecule has 0 aliphatic heterocycles. The third kappa shape index (κ3) is 2.79. The van der Waals surface area contributed by atoms with Crippen LogP contribution in [0.2, 0.25) is 0 Å². The van der Waals surface area contributed by atoms with Crippen LogP contribution in [-0.2, 0) is 4.79 Å². The average molecular weight is 222 g/mol. The molecule has 0 spiro atoms.